The summed E-state index contributed by atoms with van der Waals surface area (Å²) in [6, 6.07) is 6.73. The maximum atomic E-state index is 13.4. The van der Waals surface area contributed by atoms with E-state index in [1.165, 1.54) is 23.5 Å². The summed E-state index contributed by atoms with van der Waals surface area (Å²) < 4.78 is 18.6. The number of amides is 1. The highest BCUT2D eigenvalue weighted by Gasteiger charge is 2.24. The van der Waals surface area contributed by atoms with Crippen molar-refractivity contribution in [3.05, 3.63) is 41.2 Å². The molecule has 0 bridgehead atoms. The van der Waals surface area contributed by atoms with Crippen molar-refractivity contribution < 1.29 is 13.9 Å². The molecule has 1 fully saturated rings. The fourth-order valence-corrected chi connectivity index (χ4v) is 3.98. The Kier molecular flexibility index (Phi) is 6.34. The zero-order chi connectivity index (χ0) is 18.5. The third-order valence-electron chi connectivity index (χ3n) is 4.65. The Bertz CT molecular complexity index is 744. The summed E-state index contributed by atoms with van der Waals surface area (Å²) in [6.07, 6.45) is 0.291. The highest BCUT2D eigenvalue weighted by atomic mass is 32.1. The van der Waals surface area contributed by atoms with Gasteiger partial charge in [-0.3, -0.25) is 9.69 Å². The van der Waals surface area contributed by atoms with E-state index >= 15 is 0 Å². The van der Waals surface area contributed by atoms with Crippen LogP contribution in [-0.4, -0.2) is 66.6 Å². The summed E-state index contributed by atoms with van der Waals surface area (Å²) in [5.74, 6) is -0.184. The summed E-state index contributed by atoms with van der Waals surface area (Å²) in [5.41, 5.74) is 1.49. The van der Waals surface area contributed by atoms with Gasteiger partial charge in [-0.1, -0.05) is 12.1 Å². The van der Waals surface area contributed by atoms with Crippen LogP contribution in [-0.2, 0) is 16.0 Å². The zero-order valence-corrected chi connectivity index (χ0v) is 16.0. The number of hydrogen-bond acceptors (Lipinski definition) is 5. The first-order valence-corrected chi connectivity index (χ1v) is 9.66. The van der Waals surface area contributed by atoms with Gasteiger partial charge in [-0.2, -0.15) is 0 Å². The number of halogens is 1. The minimum atomic E-state index is -0.282. The second kappa shape index (κ2) is 8.70. The molecule has 2 heterocycles. The first kappa shape index (κ1) is 18.9. The summed E-state index contributed by atoms with van der Waals surface area (Å²) in [4.78, 5) is 21.3. The second-order valence-electron chi connectivity index (χ2n) is 6.55. The number of ether oxygens (including phenoxy) is 1. The van der Waals surface area contributed by atoms with E-state index < -0.39 is 0 Å². The summed E-state index contributed by atoms with van der Waals surface area (Å²) in [6.45, 7) is 6.03. The van der Waals surface area contributed by atoms with E-state index in [-0.39, 0.29) is 11.7 Å². The number of carbonyl (C=O) groups is 1. The predicted octanol–water partition coefficient (Wildman–Crippen LogP) is 2.67. The van der Waals surface area contributed by atoms with Crippen LogP contribution in [0.1, 0.15) is 12.6 Å². The summed E-state index contributed by atoms with van der Waals surface area (Å²) in [5, 5.41) is 2.63. The number of piperazine rings is 1. The van der Waals surface area contributed by atoms with Crippen molar-refractivity contribution in [3.63, 3.8) is 0 Å². The monoisotopic (exact) mass is 377 g/mol. The van der Waals surface area contributed by atoms with Crippen LogP contribution in [0.4, 0.5) is 4.39 Å². The quantitative estimate of drug-likeness (QED) is 0.777. The largest absolute Gasteiger partial charge is 0.383 e. The Morgan fingerprint density at radius 2 is 2.12 bits per heavy atom. The van der Waals surface area contributed by atoms with Crippen LogP contribution in [0.2, 0.25) is 0 Å². The molecule has 1 unspecified atom stereocenters. The lowest BCUT2D eigenvalue weighted by Crippen LogP contribution is -2.52. The van der Waals surface area contributed by atoms with Gasteiger partial charge >= 0.3 is 0 Å². The number of nitrogens with zero attached hydrogens (tertiary/aromatic N) is 3. The van der Waals surface area contributed by atoms with Crippen LogP contribution in [0.3, 0.4) is 0 Å². The van der Waals surface area contributed by atoms with Crippen LogP contribution in [0.5, 0.6) is 0 Å². The van der Waals surface area contributed by atoms with Gasteiger partial charge in [-0.25, -0.2) is 9.37 Å². The van der Waals surface area contributed by atoms with Crippen LogP contribution in [0.25, 0.3) is 10.6 Å². The molecule has 0 spiro atoms. The fraction of sp³-hybridized carbons (Fsp3) is 0.474. The van der Waals surface area contributed by atoms with Gasteiger partial charge in [0, 0.05) is 50.3 Å². The van der Waals surface area contributed by atoms with Crippen molar-refractivity contribution in [2.45, 2.75) is 19.4 Å². The Morgan fingerprint density at radius 1 is 1.35 bits per heavy atom. The number of rotatable bonds is 6. The molecular formula is C19H24FN3O2S. The third-order valence-corrected chi connectivity index (χ3v) is 5.59. The molecule has 0 aliphatic carbocycles. The normalized spacial score (nSPS) is 16.7. The molecule has 7 heteroatoms. The molecule has 1 aromatic heterocycles. The van der Waals surface area contributed by atoms with Crippen molar-refractivity contribution >= 4 is 17.2 Å². The molecule has 140 valence electrons. The molecule has 1 aliphatic rings. The van der Waals surface area contributed by atoms with E-state index in [1.54, 1.807) is 13.2 Å². The molecule has 0 radical (unpaired) electrons. The van der Waals surface area contributed by atoms with Gasteiger partial charge in [0.15, 0.2) is 0 Å². The maximum Gasteiger partial charge on any atom is 0.228 e. The van der Waals surface area contributed by atoms with Crippen molar-refractivity contribution in [1.29, 1.82) is 0 Å². The van der Waals surface area contributed by atoms with Gasteiger partial charge in [0.25, 0.3) is 0 Å². The van der Waals surface area contributed by atoms with E-state index in [1.807, 2.05) is 16.3 Å². The van der Waals surface area contributed by atoms with Gasteiger partial charge in [0.1, 0.15) is 10.8 Å². The van der Waals surface area contributed by atoms with Gasteiger partial charge in [-0.05, 0) is 19.1 Å². The lowest BCUT2D eigenvalue weighted by molar-refractivity contribution is -0.132. The Hall–Kier alpha value is -1.83. The molecule has 0 N–H and O–H groups in total. The minimum Gasteiger partial charge on any atom is -0.383 e. The average Bonchev–Trinajstić information content (AvgIpc) is 3.10. The number of carbonyl (C=O) groups excluding carboxylic acids is 1. The molecule has 5 nitrogen and oxygen atoms in total. The van der Waals surface area contributed by atoms with Crippen LogP contribution in [0.15, 0.2) is 29.6 Å². The maximum absolute atomic E-state index is 13.4. The number of hydrogen-bond donors (Lipinski definition) is 0. The van der Waals surface area contributed by atoms with Gasteiger partial charge in [0.2, 0.25) is 5.91 Å². The molecule has 0 saturated carbocycles. The smallest absolute Gasteiger partial charge is 0.228 e. The first-order chi connectivity index (χ1) is 12.6. The van der Waals surface area contributed by atoms with Gasteiger partial charge < -0.3 is 9.64 Å². The van der Waals surface area contributed by atoms with E-state index in [2.05, 4.69) is 16.8 Å². The number of aromatic nitrogens is 1. The number of benzene rings is 1. The van der Waals surface area contributed by atoms with Gasteiger partial charge in [0.05, 0.1) is 18.7 Å². The van der Waals surface area contributed by atoms with Crippen molar-refractivity contribution in [3.8, 4) is 10.6 Å². The zero-order valence-electron chi connectivity index (χ0n) is 15.2. The van der Waals surface area contributed by atoms with Gasteiger partial charge in [-0.15, -0.1) is 11.3 Å². The topological polar surface area (TPSA) is 45.7 Å². The molecule has 2 aromatic rings. The Morgan fingerprint density at radius 3 is 2.81 bits per heavy atom. The number of thiazole rings is 1. The Labute approximate surface area is 157 Å². The third kappa shape index (κ3) is 4.66. The summed E-state index contributed by atoms with van der Waals surface area (Å²) >= 11 is 1.44. The molecular weight excluding hydrogens is 353 g/mol. The molecule has 1 amide bonds. The van der Waals surface area contributed by atoms with E-state index in [0.29, 0.717) is 19.1 Å². The molecule has 1 saturated heterocycles. The molecule has 1 aliphatic heterocycles. The minimum absolute atomic E-state index is 0.0973. The molecule has 26 heavy (non-hydrogen) atoms. The van der Waals surface area contributed by atoms with Crippen molar-refractivity contribution in [1.82, 2.24) is 14.8 Å². The standard InChI is InChI=1S/C19H24FN3O2S/c1-14(12-25-2)22-6-8-23(9-7-22)18(24)11-17-13-26-19(21-17)15-4-3-5-16(20)10-15/h3-5,10,13-14H,6-9,11-12H2,1-2H3. The van der Waals surface area contributed by atoms with Crippen LogP contribution < -0.4 is 0 Å². The molecule has 1 atom stereocenters. The average molecular weight is 377 g/mol. The molecule has 3 rings (SSSR count). The van der Waals surface area contributed by atoms with E-state index in [4.69, 9.17) is 4.74 Å². The Balaban J connectivity index is 1.55. The lowest BCUT2D eigenvalue weighted by atomic mass is 10.2. The predicted molar refractivity (Wildman–Crippen MR) is 101 cm³/mol. The summed E-state index contributed by atoms with van der Waals surface area (Å²) in [7, 11) is 1.71. The van der Waals surface area contributed by atoms with E-state index in [0.717, 1.165) is 42.4 Å². The van der Waals surface area contributed by atoms with Crippen LogP contribution >= 0.6 is 11.3 Å². The first-order valence-electron chi connectivity index (χ1n) is 8.78. The van der Waals surface area contributed by atoms with Crippen LogP contribution in [0, 0.1) is 5.82 Å². The number of methoxy groups -OCH3 is 1. The molecule has 1 aromatic carbocycles. The SMILES string of the molecule is COCC(C)N1CCN(C(=O)Cc2csc(-c3cccc(F)c3)n2)CC1. The fourth-order valence-electron chi connectivity index (χ4n) is 3.17. The highest BCUT2D eigenvalue weighted by molar-refractivity contribution is 7.13. The second-order valence-corrected chi connectivity index (χ2v) is 7.41. The lowest BCUT2D eigenvalue weighted by Gasteiger charge is -2.37. The van der Waals surface area contributed by atoms with E-state index in [9.17, 15) is 9.18 Å². The highest BCUT2D eigenvalue weighted by Crippen LogP contribution is 2.24. The van der Waals surface area contributed by atoms with Crippen molar-refractivity contribution in [2.75, 3.05) is 39.9 Å². The van der Waals surface area contributed by atoms with Crippen molar-refractivity contribution in [2.24, 2.45) is 0 Å².